The van der Waals surface area contributed by atoms with Gasteiger partial charge in [0.15, 0.2) is 6.29 Å². The van der Waals surface area contributed by atoms with Crippen LogP contribution in [-0.4, -0.2) is 19.4 Å². The normalized spacial score (nSPS) is 14.6. The summed E-state index contributed by atoms with van der Waals surface area (Å²) in [5.74, 6) is 0.965. The molecule has 0 N–H and O–H groups in total. The SMILES string of the molecule is O=Cc1ccc(N2CCOc3ccccc3C2)s1. The van der Waals surface area contributed by atoms with Crippen LogP contribution in [0.3, 0.4) is 0 Å². The Morgan fingerprint density at radius 2 is 2.11 bits per heavy atom. The van der Waals surface area contributed by atoms with Crippen LogP contribution in [0.2, 0.25) is 0 Å². The number of ether oxygens (including phenoxy) is 1. The van der Waals surface area contributed by atoms with Gasteiger partial charge in [-0.1, -0.05) is 18.2 Å². The van der Waals surface area contributed by atoms with Crippen molar-refractivity contribution < 1.29 is 9.53 Å². The van der Waals surface area contributed by atoms with Gasteiger partial charge in [0.1, 0.15) is 12.4 Å². The van der Waals surface area contributed by atoms with E-state index in [1.165, 1.54) is 16.9 Å². The molecule has 0 spiro atoms. The number of fused-ring (bicyclic) bond motifs is 1. The molecule has 1 aromatic carbocycles. The summed E-state index contributed by atoms with van der Waals surface area (Å²) >= 11 is 1.53. The quantitative estimate of drug-likeness (QED) is 0.777. The largest absolute Gasteiger partial charge is 0.491 e. The Morgan fingerprint density at radius 3 is 2.94 bits per heavy atom. The standard InChI is InChI=1S/C14H13NO2S/c16-10-12-5-6-14(18-12)15-7-8-17-13-4-2-1-3-11(13)9-15/h1-6,10H,7-9H2. The van der Waals surface area contributed by atoms with E-state index in [-0.39, 0.29) is 0 Å². The molecule has 0 unspecified atom stereocenters. The highest BCUT2D eigenvalue weighted by molar-refractivity contribution is 7.17. The molecule has 0 amide bonds. The maximum atomic E-state index is 10.7. The molecule has 0 saturated heterocycles. The number of nitrogens with zero attached hydrogens (tertiary/aromatic N) is 1. The minimum atomic E-state index is 0.672. The van der Waals surface area contributed by atoms with Gasteiger partial charge in [-0.3, -0.25) is 4.79 Å². The van der Waals surface area contributed by atoms with Gasteiger partial charge in [0.25, 0.3) is 0 Å². The van der Waals surface area contributed by atoms with Gasteiger partial charge >= 0.3 is 0 Å². The first-order valence-electron chi connectivity index (χ1n) is 5.87. The third-order valence-corrected chi connectivity index (χ3v) is 4.06. The summed E-state index contributed by atoms with van der Waals surface area (Å²) in [5, 5.41) is 1.12. The van der Waals surface area contributed by atoms with Gasteiger partial charge in [0, 0.05) is 12.1 Å². The zero-order chi connectivity index (χ0) is 12.4. The number of carbonyl (C=O) groups excluding carboxylic acids is 1. The molecule has 0 fully saturated rings. The molecule has 2 aromatic rings. The summed E-state index contributed by atoms with van der Waals surface area (Å²) in [6, 6.07) is 12.0. The molecule has 3 rings (SSSR count). The van der Waals surface area contributed by atoms with E-state index < -0.39 is 0 Å². The second kappa shape index (κ2) is 4.82. The minimum Gasteiger partial charge on any atom is -0.491 e. The molecule has 1 aliphatic heterocycles. The lowest BCUT2D eigenvalue weighted by Crippen LogP contribution is -2.24. The van der Waals surface area contributed by atoms with Crippen LogP contribution in [0.4, 0.5) is 5.00 Å². The topological polar surface area (TPSA) is 29.5 Å². The lowest BCUT2D eigenvalue weighted by Gasteiger charge is -2.19. The maximum Gasteiger partial charge on any atom is 0.160 e. The Labute approximate surface area is 110 Å². The Bertz CT molecular complexity index is 564. The molecular weight excluding hydrogens is 246 g/mol. The molecule has 0 radical (unpaired) electrons. The van der Waals surface area contributed by atoms with E-state index in [2.05, 4.69) is 11.0 Å². The average Bonchev–Trinajstić information content (AvgIpc) is 2.78. The van der Waals surface area contributed by atoms with E-state index in [0.717, 1.165) is 35.0 Å². The first-order valence-corrected chi connectivity index (χ1v) is 6.69. The maximum absolute atomic E-state index is 10.7. The zero-order valence-electron chi connectivity index (χ0n) is 9.83. The van der Waals surface area contributed by atoms with Crippen LogP contribution in [0.25, 0.3) is 0 Å². The highest BCUT2D eigenvalue weighted by atomic mass is 32.1. The van der Waals surface area contributed by atoms with Crippen LogP contribution in [0.5, 0.6) is 5.75 Å². The third kappa shape index (κ3) is 2.11. The monoisotopic (exact) mass is 259 g/mol. The van der Waals surface area contributed by atoms with E-state index in [0.29, 0.717) is 6.61 Å². The molecule has 3 nitrogen and oxygen atoms in total. The lowest BCUT2D eigenvalue weighted by atomic mass is 10.2. The molecule has 0 bridgehead atoms. The molecule has 2 heterocycles. The van der Waals surface area contributed by atoms with E-state index in [4.69, 9.17) is 4.74 Å². The number of hydrogen-bond acceptors (Lipinski definition) is 4. The van der Waals surface area contributed by atoms with Gasteiger partial charge in [-0.2, -0.15) is 0 Å². The van der Waals surface area contributed by atoms with Crippen LogP contribution < -0.4 is 9.64 Å². The highest BCUT2D eigenvalue weighted by Gasteiger charge is 2.16. The summed E-state index contributed by atoms with van der Waals surface area (Å²) < 4.78 is 5.73. The van der Waals surface area contributed by atoms with Gasteiger partial charge in [-0.15, -0.1) is 11.3 Å². The number of benzene rings is 1. The molecule has 0 saturated carbocycles. The Morgan fingerprint density at radius 1 is 1.22 bits per heavy atom. The van der Waals surface area contributed by atoms with E-state index >= 15 is 0 Å². The van der Waals surface area contributed by atoms with Crippen molar-refractivity contribution in [2.45, 2.75) is 6.54 Å². The van der Waals surface area contributed by atoms with Crippen LogP contribution in [0.15, 0.2) is 36.4 Å². The van der Waals surface area contributed by atoms with Crippen molar-refractivity contribution >= 4 is 22.6 Å². The zero-order valence-corrected chi connectivity index (χ0v) is 10.7. The van der Waals surface area contributed by atoms with Gasteiger partial charge in [-0.25, -0.2) is 0 Å². The number of para-hydroxylation sites is 1. The number of rotatable bonds is 2. The fraction of sp³-hybridized carbons (Fsp3) is 0.214. The van der Waals surface area contributed by atoms with Crippen LogP contribution in [-0.2, 0) is 6.54 Å². The first kappa shape index (κ1) is 11.3. The molecule has 0 atom stereocenters. The summed E-state index contributed by atoms with van der Waals surface area (Å²) in [6.45, 7) is 2.34. The van der Waals surface area contributed by atoms with Crippen LogP contribution in [0, 0.1) is 0 Å². The summed E-state index contributed by atoms with van der Waals surface area (Å²) in [5.41, 5.74) is 1.19. The number of carbonyl (C=O) groups is 1. The molecule has 1 aliphatic rings. The van der Waals surface area contributed by atoms with Crippen molar-refractivity contribution in [1.82, 2.24) is 0 Å². The molecular formula is C14H13NO2S. The predicted molar refractivity (Wildman–Crippen MR) is 72.7 cm³/mol. The number of thiophene rings is 1. The van der Waals surface area contributed by atoms with Crippen LogP contribution in [0.1, 0.15) is 15.2 Å². The number of anilines is 1. The van der Waals surface area contributed by atoms with Crippen molar-refractivity contribution in [3.05, 3.63) is 46.8 Å². The van der Waals surface area contributed by atoms with E-state index in [1.807, 2.05) is 30.3 Å². The summed E-state index contributed by atoms with van der Waals surface area (Å²) in [4.78, 5) is 13.8. The molecule has 1 aromatic heterocycles. The van der Waals surface area contributed by atoms with Gasteiger partial charge < -0.3 is 9.64 Å². The van der Waals surface area contributed by atoms with E-state index in [1.54, 1.807) is 0 Å². The summed E-state index contributed by atoms with van der Waals surface area (Å²) in [6.07, 6.45) is 0.899. The van der Waals surface area contributed by atoms with Gasteiger partial charge in [0.2, 0.25) is 0 Å². The highest BCUT2D eigenvalue weighted by Crippen LogP contribution is 2.30. The Hall–Kier alpha value is -1.81. The minimum absolute atomic E-state index is 0.672. The fourth-order valence-electron chi connectivity index (χ4n) is 2.09. The van der Waals surface area contributed by atoms with E-state index in [9.17, 15) is 4.79 Å². The summed E-state index contributed by atoms with van der Waals surface area (Å²) in [7, 11) is 0. The number of hydrogen-bond donors (Lipinski definition) is 0. The predicted octanol–water partition coefficient (Wildman–Crippen LogP) is 2.96. The van der Waals surface area contributed by atoms with Crippen LogP contribution >= 0.6 is 11.3 Å². The van der Waals surface area contributed by atoms with Crippen molar-refractivity contribution in [3.8, 4) is 5.75 Å². The second-order valence-electron chi connectivity index (χ2n) is 4.17. The number of aldehydes is 1. The molecule has 18 heavy (non-hydrogen) atoms. The second-order valence-corrected chi connectivity index (χ2v) is 5.27. The average molecular weight is 259 g/mol. The first-order chi connectivity index (χ1) is 8.86. The van der Waals surface area contributed by atoms with Gasteiger partial charge in [-0.05, 0) is 18.2 Å². The van der Waals surface area contributed by atoms with Crippen molar-refractivity contribution in [3.63, 3.8) is 0 Å². The van der Waals surface area contributed by atoms with Gasteiger partial charge in [0.05, 0.1) is 16.4 Å². The molecule has 0 aliphatic carbocycles. The molecule has 4 heteroatoms. The van der Waals surface area contributed by atoms with Crippen molar-refractivity contribution in [2.75, 3.05) is 18.1 Å². The van der Waals surface area contributed by atoms with Crippen molar-refractivity contribution in [2.24, 2.45) is 0 Å². The lowest BCUT2D eigenvalue weighted by molar-refractivity contribution is 0.112. The Balaban J connectivity index is 1.88. The fourth-order valence-corrected chi connectivity index (χ4v) is 2.94. The smallest absolute Gasteiger partial charge is 0.160 e. The third-order valence-electron chi connectivity index (χ3n) is 2.99. The molecule has 92 valence electrons. The van der Waals surface area contributed by atoms with Crippen molar-refractivity contribution in [1.29, 1.82) is 0 Å². The Kier molecular flexibility index (Phi) is 3.02.